The Bertz CT molecular complexity index is 1770. The van der Waals surface area contributed by atoms with Gasteiger partial charge in [-0.05, 0) is 101 Å². The number of aliphatic hydroxyl groups excluding tert-OH is 2. The van der Waals surface area contributed by atoms with Crippen molar-refractivity contribution in [3.8, 4) is 5.75 Å². The van der Waals surface area contributed by atoms with Gasteiger partial charge >= 0.3 is 11.9 Å². The van der Waals surface area contributed by atoms with Gasteiger partial charge in [-0.15, -0.1) is 0 Å². The lowest BCUT2D eigenvalue weighted by molar-refractivity contribution is -0.144. The molecule has 0 radical (unpaired) electrons. The van der Waals surface area contributed by atoms with E-state index in [1.54, 1.807) is 24.3 Å². The van der Waals surface area contributed by atoms with Gasteiger partial charge in [0.25, 0.3) is 11.8 Å². The van der Waals surface area contributed by atoms with E-state index in [1.165, 1.54) is 6.92 Å². The van der Waals surface area contributed by atoms with Gasteiger partial charge in [0, 0.05) is 61.4 Å². The summed E-state index contributed by atoms with van der Waals surface area (Å²) in [5.74, 6) is -1.28. The molecule has 1 aromatic heterocycles. The van der Waals surface area contributed by atoms with Crippen molar-refractivity contribution in [3.63, 3.8) is 0 Å². The second-order valence-corrected chi connectivity index (χ2v) is 15.2. The summed E-state index contributed by atoms with van der Waals surface area (Å²) in [5, 5.41) is 27.3. The number of hydrogen-bond donors (Lipinski definition) is 5. The van der Waals surface area contributed by atoms with Crippen LogP contribution >= 0.6 is 0 Å². The molecule has 2 aromatic rings. The molecule has 0 saturated heterocycles. The molecule has 0 spiro atoms. The zero-order chi connectivity index (χ0) is 41.5. The fourth-order valence-corrected chi connectivity index (χ4v) is 7.79. The van der Waals surface area contributed by atoms with Crippen LogP contribution in [-0.2, 0) is 19.1 Å². The quantitative estimate of drug-likeness (QED) is 0.0276. The van der Waals surface area contributed by atoms with Crippen LogP contribution < -0.4 is 15.4 Å². The summed E-state index contributed by atoms with van der Waals surface area (Å²) in [4.78, 5) is 56.1. The number of ether oxygens (including phenoxy) is 2. The maximum atomic E-state index is 13.1. The van der Waals surface area contributed by atoms with Crippen LogP contribution in [0, 0.1) is 25.7 Å². The number of rotatable bonds is 22. The molecule has 2 aliphatic rings. The van der Waals surface area contributed by atoms with Crippen LogP contribution in [0.5, 0.6) is 5.75 Å². The first-order chi connectivity index (χ1) is 27.4. The van der Waals surface area contributed by atoms with Gasteiger partial charge in [-0.1, -0.05) is 58.3 Å². The summed E-state index contributed by atoms with van der Waals surface area (Å²) in [6.45, 7) is 14.6. The van der Waals surface area contributed by atoms with Crippen molar-refractivity contribution in [2.45, 2.75) is 124 Å². The van der Waals surface area contributed by atoms with Crippen molar-refractivity contribution in [1.82, 2.24) is 15.2 Å². The number of esters is 2. The summed E-state index contributed by atoms with van der Waals surface area (Å²) in [6.07, 6.45) is 15.0. The van der Waals surface area contributed by atoms with Crippen molar-refractivity contribution in [2.75, 3.05) is 31.5 Å². The minimum atomic E-state index is -0.678. The van der Waals surface area contributed by atoms with E-state index in [0.29, 0.717) is 71.8 Å². The zero-order valence-electron chi connectivity index (χ0n) is 34.7. The number of aliphatic hydroxyl groups is 2. The molecule has 57 heavy (non-hydrogen) atoms. The number of fused-ring (bicyclic) bond motifs is 1. The lowest BCUT2D eigenvalue weighted by Gasteiger charge is -2.20. The van der Waals surface area contributed by atoms with Crippen LogP contribution in [0.1, 0.15) is 125 Å². The van der Waals surface area contributed by atoms with Crippen molar-refractivity contribution in [3.05, 3.63) is 70.6 Å². The van der Waals surface area contributed by atoms with E-state index in [-0.39, 0.29) is 42.1 Å². The van der Waals surface area contributed by atoms with Gasteiger partial charge in [-0.25, -0.2) is 0 Å². The Morgan fingerprint density at radius 1 is 1.04 bits per heavy atom. The third kappa shape index (κ3) is 13.0. The molecule has 5 N–H and O–H groups in total. The van der Waals surface area contributed by atoms with Crippen molar-refractivity contribution >= 4 is 41.1 Å². The zero-order valence-corrected chi connectivity index (χ0v) is 34.7. The number of anilines is 1. The standard InChI is InChI=1S/C45H64N4O8/c1-7-10-11-14-17-32(56-31(6)50)20-22-35-34(40(51)28-41(35)52)18-15-12-13-16-19-42(53)57-33-21-23-38-36(26-33)37(44(54)48-38)27-39-29(4)43(30(5)47-39)45(55)46-24-25-49(8-2)9-3/h12,15,20-23,26-27,32,34-35,40-41,47,51-52H,7-11,13-14,16-19,24-25,28H2,1-6H3,(H,46,55)(H,48,54)/b15-12-,22-20+,37-27-/t32-,34+,35+,40-,41+/m0/s1. The van der Waals surface area contributed by atoms with Crippen molar-refractivity contribution < 1.29 is 38.9 Å². The average Bonchev–Trinajstić information content (AvgIpc) is 3.74. The Morgan fingerprint density at radius 3 is 2.53 bits per heavy atom. The molecule has 1 fully saturated rings. The van der Waals surface area contributed by atoms with Crippen LogP contribution in [0.2, 0.25) is 0 Å². The van der Waals surface area contributed by atoms with Crippen molar-refractivity contribution in [2.24, 2.45) is 11.8 Å². The molecule has 5 atom stereocenters. The van der Waals surface area contributed by atoms with Crippen LogP contribution in [0.4, 0.5) is 5.69 Å². The molecule has 2 heterocycles. The van der Waals surface area contributed by atoms with E-state index < -0.39 is 18.2 Å². The van der Waals surface area contributed by atoms with Gasteiger partial charge < -0.3 is 40.2 Å². The number of carbonyl (C=O) groups excluding carboxylic acids is 4. The van der Waals surface area contributed by atoms with E-state index in [0.717, 1.165) is 57.3 Å². The summed E-state index contributed by atoms with van der Waals surface area (Å²) >= 11 is 0. The lowest BCUT2D eigenvalue weighted by atomic mass is 9.89. The van der Waals surface area contributed by atoms with Gasteiger partial charge in [0.2, 0.25) is 0 Å². The third-order valence-electron chi connectivity index (χ3n) is 11.1. The Hall–Kier alpha value is -4.52. The summed E-state index contributed by atoms with van der Waals surface area (Å²) in [7, 11) is 0. The van der Waals surface area contributed by atoms with Gasteiger partial charge in [-0.3, -0.25) is 19.2 Å². The number of benzene rings is 1. The Morgan fingerprint density at radius 2 is 1.81 bits per heavy atom. The number of aromatic nitrogens is 1. The number of hydrogen-bond acceptors (Lipinski definition) is 9. The Balaban J connectivity index is 1.29. The topological polar surface area (TPSA) is 170 Å². The highest BCUT2D eigenvalue weighted by molar-refractivity contribution is 6.35. The normalized spacial score (nSPS) is 20.4. The largest absolute Gasteiger partial charge is 0.458 e. The minimum absolute atomic E-state index is 0.163. The van der Waals surface area contributed by atoms with Crippen LogP contribution in [0.15, 0.2) is 42.5 Å². The predicted molar refractivity (Wildman–Crippen MR) is 224 cm³/mol. The maximum Gasteiger partial charge on any atom is 0.311 e. The number of amides is 2. The molecule has 1 aromatic carbocycles. The maximum absolute atomic E-state index is 13.1. The number of likely N-dealkylation sites (N-methyl/N-ethyl adjacent to an activating group) is 1. The molecule has 1 aliphatic carbocycles. The minimum Gasteiger partial charge on any atom is -0.458 e. The van der Waals surface area contributed by atoms with E-state index in [4.69, 9.17) is 9.47 Å². The SMILES string of the molecule is CCCCCC[C@@H](/C=C/[C@@H]1[C@@H](C/C=C\CCCC(=O)Oc2ccc3c(c2)/C(=C/c2[nH]c(C)c(C(=O)NCCN(CC)CC)c2C)C(=O)N3)[C@@H](O)C[C@H]1O)OC(C)=O. The monoisotopic (exact) mass is 788 g/mol. The molecule has 1 aliphatic heterocycles. The lowest BCUT2D eigenvalue weighted by Crippen LogP contribution is -2.35. The predicted octanol–water partition coefficient (Wildman–Crippen LogP) is 7.03. The number of aryl methyl sites for hydroxylation is 1. The van der Waals surface area contributed by atoms with E-state index in [2.05, 4.69) is 41.3 Å². The smallest absolute Gasteiger partial charge is 0.311 e. The molecule has 312 valence electrons. The molecule has 4 rings (SSSR count). The number of unbranched alkanes of at least 4 members (excludes halogenated alkanes) is 4. The van der Waals surface area contributed by atoms with Gasteiger partial charge in [0.15, 0.2) is 0 Å². The molecule has 0 unspecified atom stereocenters. The van der Waals surface area contributed by atoms with Gasteiger partial charge in [0.05, 0.1) is 23.3 Å². The van der Waals surface area contributed by atoms with Crippen LogP contribution in [0.25, 0.3) is 11.6 Å². The second kappa shape index (κ2) is 22.4. The molecule has 1 saturated carbocycles. The average molecular weight is 789 g/mol. The Kier molecular flexibility index (Phi) is 17.8. The van der Waals surface area contributed by atoms with E-state index >= 15 is 0 Å². The van der Waals surface area contributed by atoms with E-state index in [9.17, 15) is 29.4 Å². The first kappa shape index (κ1) is 45.2. The highest BCUT2D eigenvalue weighted by Crippen LogP contribution is 2.38. The highest BCUT2D eigenvalue weighted by Gasteiger charge is 2.39. The number of H-pyrrole nitrogens is 1. The van der Waals surface area contributed by atoms with Gasteiger partial charge in [-0.2, -0.15) is 0 Å². The second-order valence-electron chi connectivity index (χ2n) is 15.2. The summed E-state index contributed by atoms with van der Waals surface area (Å²) in [6, 6.07) is 5.04. The number of allylic oxidation sites excluding steroid dienone is 2. The number of nitrogens with zero attached hydrogens (tertiary/aromatic N) is 1. The highest BCUT2D eigenvalue weighted by atomic mass is 16.5. The van der Waals surface area contributed by atoms with Crippen molar-refractivity contribution in [1.29, 1.82) is 0 Å². The summed E-state index contributed by atoms with van der Waals surface area (Å²) < 4.78 is 11.2. The van der Waals surface area contributed by atoms with Crippen LogP contribution in [0.3, 0.4) is 0 Å². The van der Waals surface area contributed by atoms with Gasteiger partial charge in [0.1, 0.15) is 11.9 Å². The molecular weight excluding hydrogens is 725 g/mol. The molecule has 12 nitrogen and oxygen atoms in total. The Labute approximate surface area is 338 Å². The first-order valence-corrected chi connectivity index (χ1v) is 20.8. The molecule has 2 amide bonds. The molecular formula is C45H64N4O8. The van der Waals surface area contributed by atoms with Crippen LogP contribution in [-0.4, -0.2) is 88.3 Å². The first-order valence-electron chi connectivity index (χ1n) is 20.8. The third-order valence-corrected chi connectivity index (χ3v) is 11.1. The fourth-order valence-electron chi connectivity index (χ4n) is 7.79. The number of carbonyl (C=O) groups is 4. The number of nitrogens with one attached hydrogen (secondary N) is 3. The number of aromatic amines is 1. The molecule has 0 bridgehead atoms. The fraction of sp³-hybridized carbons (Fsp3) is 0.556. The van der Waals surface area contributed by atoms with E-state index in [1.807, 2.05) is 38.2 Å². The summed E-state index contributed by atoms with van der Waals surface area (Å²) in [5.41, 5.74) is 4.27. The molecule has 12 heteroatoms.